The maximum Gasteiger partial charge on any atom is 0.259 e. The fourth-order valence-corrected chi connectivity index (χ4v) is 3.83. The second-order valence-corrected chi connectivity index (χ2v) is 7.71. The number of rotatable bonds is 4. The van der Waals surface area contributed by atoms with E-state index in [0.29, 0.717) is 42.4 Å². The third-order valence-electron chi connectivity index (χ3n) is 5.62. The first-order valence-electron chi connectivity index (χ1n) is 10.2. The van der Waals surface area contributed by atoms with Gasteiger partial charge in [0, 0.05) is 37.1 Å². The van der Waals surface area contributed by atoms with Gasteiger partial charge in [0.05, 0.1) is 11.3 Å². The van der Waals surface area contributed by atoms with E-state index < -0.39 is 0 Å². The van der Waals surface area contributed by atoms with Crippen molar-refractivity contribution in [1.29, 1.82) is 0 Å². The number of nitrogens with zero attached hydrogens (tertiary/aromatic N) is 5. The highest BCUT2D eigenvalue weighted by molar-refractivity contribution is 5.97. The van der Waals surface area contributed by atoms with E-state index in [9.17, 15) is 9.59 Å². The van der Waals surface area contributed by atoms with Crippen LogP contribution < -0.4 is 5.43 Å². The minimum Gasteiger partial charge on any atom is -0.339 e. The number of aryl methyl sites for hydroxylation is 2. The van der Waals surface area contributed by atoms with Crippen molar-refractivity contribution in [2.45, 2.75) is 26.3 Å². The zero-order chi connectivity index (χ0) is 21.5. The van der Waals surface area contributed by atoms with Crippen molar-refractivity contribution in [1.82, 2.24) is 24.6 Å². The van der Waals surface area contributed by atoms with Crippen LogP contribution in [0.1, 0.15) is 34.8 Å². The smallest absolute Gasteiger partial charge is 0.259 e. The summed E-state index contributed by atoms with van der Waals surface area (Å²) in [5.74, 6) is 0.719. The monoisotopic (exact) mass is 415 g/mol. The number of pyridine rings is 2. The van der Waals surface area contributed by atoms with Gasteiger partial charge in [-0.15, -0.1) is 0 Å². The zero-order valence-electron chi connectivity index (χ0n) is 17.3. The molecule has 1 fully saturated rings. The lowest BCUT2D eigenvalue weighted by atomic mass is 9.98. The minimum absolute atomic E-state index is 0.0351. The maximum atomic E-state index is 13.1. The molecule has 1 amide bonds. The van der Waals surface area contributed by atoms with Gasteiger partial charge in [-0.3, -0.25) is 9.59 Å². The Morgan fingerprint density at radius 3 is 2.65 bits per heavy atom. The van der Waals surface area contributed by atoms with Crippen LogP contribution in [0.4, 0.5) is 0 Å². The molecule has 8 heteroatoms. The number of likely N-dealkylation sites (tertiary alicyclic amines) is 1. The molecule has 0 saturated carbocycles. The van der Waals surface area contributed by atoms with E-state index in [0.717, 1.165) is 11.3 Å². The fraction of sp³-hybridized carbons (Fsp3) is 0.261. The predicted molar refractivity (Wildman–Crippen MR) is 115 cm³/mol. The average molecular weight is 415 g/mol. The topological polar surface area (TPSA) is 94.1 Å². The van der Waals surface area contributed by atoms with Crippen molar-refractivity contribution in [3.8, 4) is 11.4 Å². The number of hydrogen-bond acceptors (Lipinski definition) is 6. The van der Waals surface area contributed by atoms with Crippen molar-refractivity contribution in [3.05, 3.63) is 76.0 Å². The molecule has 1 aliphatic heterocycles. The van der Waals surface area contributed by atoms with Gasteiger partial charge in [-0.25, -0.2) is 4.98 Å². The summed E-state index contributed by atoms with van der Waals surface area (Å²) in [6.45, 7) is 5.32. The van der Waals surface area contributed by atoms with Gasteiger partial charge >= 0.3 is 0 Å². The largest absolute Gasteiger partial charge is 0.339 e. The summed E-state index contributed by atoms with van der Waals surface area (Å²) in [7, 11) is 0. The highest BCUT2D eigenvalue weighted by atomic mass is 16.5. The van der Waals surface area contributed by atoms with Crippen molar-refractivity contribution in [2.24, 2.45) is 0 Å². The summed E-state index contributed by atoms with van der Waals surface area (Å²) in [5, 5.41) is 4.50. The number of fused-ring (bicyclic) bond motifs is 1. The Labute approximate surface area is 178 Å². The SMILES string of the molecule is CCn1cc(C(=O)N2CC(c3nc(-c4ccccc4)no3)C2)c(=O)c2ccc(C)nc21. The maximum absolute atomic E-state index is 13.1. The molecule has 0 N–H and O–H groups in total. The molecule has 3 aromatic heterocycles. The minimum atomic E-state index is -0.287. The van der Waals surface area contributed by atoms with Gasteiger partial charge in [-0.05, 0) is 26.0 Å². The molecule has 0 unspecified atom stereocenters. The van der Waals surface area contributed by atoms with Crippen molar-refractivity contribution in [2.75, 3.05) is 13.1 Å². The van der Waals surface area contributed by atoms with Gasteiger partial charge in [0.15, 0.2) is 0 Å². The Hall–Kier alpha value is -3.81. The third kappa shape index (κ3) is 3.30. The lowest BCUT2D eigenvalue weighted by Crippen LogP contribution is -2.49. The molecule has 0 radical (unpaired) electrons. The molecular weight excluding hydrogens is 394 g/mol. The summed E-state index contributed by atoms with van der Waals surface area (Å²) in [4.78, 5) is 36.6. The molecule has 4 aromatic rings. The van der Waals surface area contributed by atoms with E-state index in [2.05, 4.69) is 15.1 Å². The van der Waals surface area contributed by atoms with Crippen LogP contribution in [0, 0.1) is 6.92 Å². The quantitative estimate of drug-likeness (QED) is 0.509. The van der Waals surface area contributed by atoms with E-state index >= 15 is 0 Å². The van der Waals surface area contributed by atoms with E-state index in [4.69, 9.17) is 4.52 Å². The van der Waals surface area contributed by atoms with Crippen molar-refractivity contribution >= 4 is 16.9 Å². The van der Waals surface area contributed by atoms with E-state index in [-0.39, 0.29) is 22.8 Å². The molecule has 0 bridgehead atoms. The number of amides is 1. The van der Waals surface area contributed by atoms with Gasteiger partial charge < -0.3 is 14.0 Å². The van der Waals surface area contributed by atoms with Crippen molar-refractivity contribution in [3.63, 3.8) is 0 Å². The second kappa shape index (κ2) is 7.46. The number of carbonyl (C=O) groups is 1. The molecular formula is C23H21N5O3. The third-order valence-corrected chi connectivity index (χ3v) is 5.62. The fourth-order valence-electron chi connectivity index (χ4n) is 3.83. The van der Waals surface area contributed by atoms with Crippen LogP contribution in [0.2, 0.25) is 0 Å². The van der Waals surface area contributed by atoms with Crippen LogP contribution in [-0.4, -0.2) is 43.6 Å². The standard InChI is InChI=1S/C23H21N5O3/c1-3-27-13-18(19(29)17-10-9-14(2)24-21(17)27)23(30)28-11-16(12-28)22-25-20(26-31-22)15-7-5-4-6-8-15/h4-10,13,16H,3,11-12H2,1-2H3. The molecule has 0 atom stereocenters. The highest BCUT2D eigenvalue weighted by Crippen LogP contribution is 2.28. The number of hydrogen-bond donors (Lipinski definition) is 0. The molecule has 1 saturated heterocycles. The Bertz CT molecular complexity index is 1340. The first-order chi connectivity index (χ1) is 15.0. The van der Waals surface area contributed by atoms with E-state index in [1.54, 1.807) is 23.2 Å². The highest BCUT2D eigenvalue weighted by Gasteiger charge is 2.37. The Kier molecular flexibility index (Phi) is 4.62. The van der Waals surface area contributed by atoms with Gasteiger partial charge in [-0.1, -0.05) is 35.5 Å². The predicted octanol–water partition coefficient (Wildman–Crippen LogP) is 3.01. The molecule has 31 heavy (non-hydrogen) atoms. The van der Waals surface area contributed by atoms with Crippen LogP contribution >= 0.6 is 0 Å². The summed E-state index contributed by atoms with van der Waals surface area (Å²) in [6.07, 6.45) is 1.62. The first-order valence-corrected chi connectivity index (χ1v) is 10.2. The first kappa shape index (κ1) is 19.2. The number of aromatic nitrogens is 4. The van der Waals surface area contributed by atoms with Gasteiger partial charge in [0.2, 0.25) is 17.1 Å². The number of carbonyl (C=O) groups excluding carboxylic acids is 1. The molecule has 1 aromatic carbocycles. The van der Waals surface area contributed by atoms with Gasteiger partial charge in [-0.2, -0.15) is 4.98 Å². The van der Waals surface area contributed by atoms with Crippen LogP contribution in [0.5, 0.6) is 0 Å². The van der Waals surface area contributed by atoms with E-state index in [1.807, 2.05) is 48.7 Å². The molecule has 0 spiro atoms. The normalized spacial score (nSPS) is 14.1. The second-order valence-electron chi connectivity index (χ2n) is 7.71. The van der Waals surface area contributed by atoms with Crippen LogP contribution in [0.25, 0.3) is 22.4 Å². The lowest BCUT2D eigenvalue weighted by Gasteiger charge is -2.37. The molecule has 156 valence electrons. The molecule has 8 nitrogen and oxygen atoms in total. The van der Waals surface area contributed by atoms with Gasteiger partial charge in [0.1, 0.15) is 11.2 Å². The zero-order valence-corrected chi connectivity index (χ0v) is 17.3. The number of benzene rings is 1. The molecule has 5 rings (SSSR count). The Morgan fingerprint density at radius 1 is 1.13 bits per heavy atom. The Morgan fingerprint density at radius 2 is 1.90 bits per heavy atom. The van der Waals surface area contributed by atoms with Crippen molar-refractivity contribution < 1.29 is 9.32 Å². The molecule has 1 aliphatic rings. The van der Waals surface area contributed by atoms with Crippen LogP contribution in [0.15, 0.2) is 58.0 Å². The summed E-state index contributed by atoms with van der Waals surface area (Å²) >= 11 is 0. The van der Waals surface area contributed by atoms with Gasteiger partial charge in [0.25, 0.3) is 5.91 Å². The molecule has 4 heterocycles. The summed E-state index contributed by atoms with van der Waals surface area (Å²) in [6, 6.07) is 13.1. The lowest BCUT2D eigenvalue weighted by molar-refractivity contribution is 0.0567. The Balaban J connectivity index is 1.37. The van der Waals surface area contributed by atoms with E-state index in [1.165, 1.54) is 0 Å². The molecule has 0 aliphatic carbocycles. The van der Waals surface area contributed by atoms with Crippen LogP contribution in [0.3, 0.4) is 0 Å². The summed E-state index contributed by atoms with van der Waals surface area (Å²) in [5.41, 5.74) is 2.18. The average Bonchev–Trinajstić information content (AvgIpc) is 3.23. The summed E-state index contributed by atoms with van der Waals surface area (Å²) < 4.78 is 7.26. The van der Waals surface area contributed by atoms with Crippen LogP contribution in [-0.2, 0) is 6.54 Å².